The summed E-state index contributed by atoms with van der Waals surface area (Å²) < 4.78 is 0. The molecule has 4 nitrogen and oxygen atoms in total. The lowest BCUT2D eigenvalue weighted by atomic mass is 10.1. The molecule has 0 aliphatic heterocycles. The van der Waals surface area contributed by atoms with E-state index in [1.807, 2.05) is 54.7 Å². The van der Waals surface area contributed by atoms with E-state index in [4.69, 9.17) is 16.6 Å². The second kappa shape index (κ2) is 8.45. The summed E-state index contributed by atoms with van der Waals surface area (Å²) in [7, 11) is 2.13. The Hall–Kier alpha value is -3.29. The molecule has 0 saturated heterocycles. The van der Waals surface area contributed by atoms with E-state index in [1.165, 1.54) is 25.7 Å². The van der Waals surface area contributed by atoms with Gasteiger partial charge in [-0.1, -0.05) is 48.6 Å². The van der Waals surface area contributed by atoms with Gasteiger partial charge in [0.05, 0.1) is 11.0 Å². The van der Waals surface area contributed by atoms with E-state index < -0.39 is 0 Å². The molecule has 1 saturated carbocycles. The molecule has 1 fully saturated rings. The second-order valence-electron chi connectivity index (χ2n) is 8.03. The molecule has 0 spiro atoms. The van der Waals surface area contributed by atoms with Gasteiger partial charge in [0.1, 0.15) is 5.69 Å². The minimum atomic E-state index is 0.585. The van der Waals surface area contributed by atoms with Gasteiger partial charge >= 0.3 is 0 Å². The van der Waals surface area contributed by atoms with Crippen molar-refractivity contribution in [3.63, 3.8) is 0 Å². The Morgan fingerprint density at radius 3 is 2.48 bits per heavy atom. The van der Waals surface area contributed by atoms with Gasteiger partial charge in [0, 0.05) is 35.4 Å². The largest absolute Gasteiger partial charge is 0.342 e. The number of anilines is 1. The highest BCUT2D eigenvalue weighted by atomic mass is 35.5. The van der Waals surface area contributed by atoms with Crippen molar-refractivity contribution in [1.82, 2.24) is 15.0 Å². The summed E-state index contributed by atoms with van der Waals surface area (Å²) in [4.78, 5) is 15.0. The van der Waals surface area contributed by atoms with Gasteiger partial charge in [-0.3, -0.25) is 0 Å². The van der Waals surface area contributed by atoms with Gasteiger partial charge in [0.25, 0.3) is 0 Å². The van der Waals surface area contributed by atoms with Crippen LogP contribution >= 0.6 is 11.6 Å². The zero-order valence-corrected chi connectivity index (χ0v) is 18.2. The number of hydrogen-bond donors (Lipinski definition) is 1. The van der Waals surface area contributed by atoms with Crippen molar-refractivity contribution in [1.29, 1.82) is 0 Å². The lowest BCUT2D eigenvalue weighted by Crippen LogP contribution is -2.29. The van der Waals surface area contributed by atoms with Gasteiger partial charge in [-0.15, -0.1) is 0 Å². The lowest BCUT2D eigenvalue weighted by molar-refractivity contribution is 0.642. The highest BCUT2D eigenvalue weighted by Gasteiger charge is 2.21. The number of benzene rings is 2. The Labute approximate surface area is 187 Å². The third-order valence-corrected chi connectivity index (χ3v) is 6.20. The number of aromatic amines is 1. The summed E-state index contributed by atoms with van der Waals surface area (Å²) in [5.41, 5.74) is 5.77. The summed E-state index contributed by atoms with van der Waals surface area (Å²) in [5.74, 6) is 7.31. The van der Waals surface area contributed by atoms with Gasteiger partial charge in [-0.05, 0) is 60.7 Å². The maximum atomic E-state index is 5.96. The monoisotopic (exact) mass is 426 g/mol. The first-order valence-corrected chi connectivity index (χ1v) is 11.0. The van der Waals surface area contributed by atoms with Crippen LogP contribution in [-0.4, -0.2) is 28.0 Å². The summed E-state index contributed by atoms with van der Waals surface area (Å²) >= 11 is 5.96. The zero-order valence-electron chi connectivity index (χ0n) is 17.4. The summed E-state index contributed by atoms with van der Waals surface area (Å²) in [6.07, 6.45) is 6.95. The van der Waals surface area contributed by atoms with Crippen molar-refractivity contribution < 1.29 is 0 Å². The fraction of sp³-hybridized carbons (Fsp3) is 0.231. The van der Waals surface area contributed by atoms with E-state index in [-0.39, 0.29) is 0 Å². The average Bonchev–Trinajstić information content (AvgIpc) is 3.48. The predicted molar refractivity (Wildman–Crippen MR) is 127 cm³/mol. The zero-order chi connectivity index (χ0) is 21.2. The number of hydrogen-bond acceptors (Lipinski definition) is 3. The SMILES string of the molecule is CN(c1nc2cc(C#Cc3ccc(-c4ccc(Cl)cc4)cn3)ccc2[nH]1)C1CCCC1. The molecule has 0 radical (unpaired) electrons. The number of fused-ring (bicyclic) bond motifs is 1. The summed E-state index contributed by atoms with van der Waals surface area (Å²) in [5, 5.41) is 0.727. The van der Waals surface area contributed by atoms with Crippen LogP contribution in [0.15, 0.2) is 60.8 Å². The van der Waals surface area contributed by atoms with E-state index in [0.717, 1.165) is 44.4 Å². The first-order valence-electron chi connectivity index (χ1n) is 10.6. The standard InChI is InChI=1S/C26H23ClN4/c1-31(23-4-2-3-5-23)26-29-24-15-7-18(16-25(24)30-26)6-13-22-14-10-20(17-28-22)19-8-11-21(27)12-9-19/h7-12,14-17,23H,2-5H2,1H3,(H,29,30). The van der Waals surface area contributed by atoms with Crippen LogP contribution in [0.4, 0.5) is 5.95 Å². The number of H-pyrrole nitrogens is 1. The Morgan fingerprint density at radius 1 is 0.968 bits per heavy atom. The minimum absolute atomic E-state index is 0.585. The molecule has 2 aromatic carbocycles. The molecule has 1 aliphatic rings. The van der Waals surface area contributed by atoms with Gasteiger partial charge in [0.15, 0.2) is 0 Å². The van der Waals surface area contributed by atoms with Crippen LogP contribution in [0.5, 0.6) is 0 Å². The molecule has 2 aromatic heterocycles. The van der Waals surface area contributed by atoms with Crippen molar-refractivity contribution in [3.05, 3.63) is 77.1 Å². The first kappa shape index (κ1) is 19.7. The van der Waals surface area contributed by atoms with Gasteiger partial charge < -0.3 is 9.88 Å². The molecule has 4 aromatic rings. The van der Waals surface area contributed by atoms with Gasteiger partial charge in [-0.25, -0.2) is 9.97 Å². The normalized spacial score (nSPS) is 13.9. The quantitative estimate of drug-likeness (QED) is 0.405. The van der Waals surface area contributed by atoms with Crippen molar-refractivity contribution in [2.45, 2.75) is 31.7 Å². The summed E-state index contributed by atoms with van der Waals surface area (Å²) in [6, 6.07) is 18.4. The smallest absolute Gasteiger partial charge is 0.203 e. The average molecular weight is 427 g/mol. The third kappa shape index (κ3) is 4.28. The van der Waals surface area contributed by atoms with E-state index in [9.17, 15) is 0 Å². The molecule has 0 amide bonds. The fourth-order valence-corrected chi connectivity index (χ4v) is 4.24. The Balaban J connectivity index is 1.34. The molecule has 0 unspecified atom stereocenters. The molecule has 154 valence electrons. The van der Waals surface area contributed by atoms with E-state index >= 15 is 0 Å². The van der Waals surface area contributed by atoms with Crippen LogP contribution in [0.2, 0.25) is 5.02 Å². The fourth-order valence-electron chi connectivity index (χ4n) is 4.12. The van der Waals surface area contributed by atoms with Crippen LogP contribution in [-0.2, 0) is 0 Å². The van der Waals surface area contributed by atoms with E-state index in [0.29, 0.717) is 6.04 Å². The van der Waals surface area contributed by atoms with Crippen molar-refractivity contribution >= 4 is 28.6 Å². The second-order valence-corrected chi connectivity index (χ2v) is 8.47. The maximum Gasteiger partial charge on any atom is 0.203 e. The molecule has 0 bridgehead atoms. The van der Waals surface area contributed by atoms with Gasteiger partial charge in [-0.2, -0.15) is 0 Å². The topological polar surface area (TPSA) is 44.8 Å². The predicted octanol–water partition coefficient (Wildman–Crippen LogP) is 6.06. The lowest BCUT2D eigenvalue weighted by Gasteiger charge is -2.23. The maximum absolute atomic E-state index is 5.96. The van der Waals surface area contributed by atoms with Crippen LogP contribution in [0.25, 0.3) is 22.2 Å². The highest BCUT2D eigenvalue weighted by molar-refractivity contribution is 6.30. The number of nitrogens with one attached hydrogen (secondary N) is 1. The highest BCUT2D eigenvalue weighted by Crippen LogP contribution is 2.27. The third-order valence-electron chi connectivity index (χ3n) is 5.95. The number of pyridine rings is 1. The van der Waals surface area contributed by atoms with Crippen molar-refractivity contribution in [2.24, 2.45) is 0 Å². The Kier molecular flexibility index (Phi) is 5.36. The van der Waals surface area contributed by atoms with Crippen molar-refractivity contribution in [2.75, 3.05) is 11.9 Å². The molecule has 5 rings (SSSR count). The van der Waals surface area contributed by atoms with Gasteiger partial charge in [0.2, 0.25) is 5.95 Å². The van der Waals surface area contributed by atoms with Crippen LogP contribution in [0.3, 0.4) is 0 Å². The Bertz CT molecular complexity index is 1260. The van der Waals surface area contributed by atoms with Crippen LogP contribution in [0.1, 0.15) is 36.9 Å². The molecular weight excluding hydrogens is 404 g/mol. The Morgan fingerprint density at radius 2 is 1.74 bits per heavy atom. The molecule has 1 aliphatic carbocycles. The summed E-state index contributed by atoms with van der Waals surface area (Å²) in [6.45, 7) is 0. The minimum Gasteiger partial charge on any atom is -0.342 e. The number of nitrogens with zero attached hydrogens (tertiary/aromatic N) is 3. The molecular formula is C26H23ClN4. The first-order chi connectivity index (χ1) is 15.2. The molecule has 5 heteroatoms. The van der Waals surface area contributed by atoms with Crippen LogP contribution in [0, 0.1) is 11.8 Å². The number of halogens is 1. The molecule has 31 heavy (non-hydrogen) atoms. The molecule has 1 N–H and O–H groups in total. The van der Waals surface area contributed by atoms with E-state index in [2.05, 4.69) is 39.8 Å². The van der Waals surface area contributed by atoms with Crippen molar-refractivity contribution in [3.8, 4) is 23.0 Å². The number of rotatable bonds is 3. The van der Waals surface area contributed by atoms with Crippen LogP contribution < -0.4 is 4.90 Å². The van der Waals surface area contributed by atoms with E-state index in [1.54, 1.807) is 0 Å². The molecule has 2 heterocycles. The number of aromatic nitrogens is 3. The number of imidazole rings is 1. The molecule has 0 atom stereocenters.